The summed E-state index contributed by atoms with van der Waals surface area (Å²) in [6.07, 6.45) is -4.81. The highest BCUT2D eigenvalue weighted by atomic mass is 19.4. The fraction of sp³-hybridized carbons (Fsp3) is 0.120. The number of aromatic carboxylic acids is 1. The molecule has 4 rings (SSSR count). The highest BCUT2D eigenvalue weighted by molar-refractivity contribution is 5.96. The van der Waals surface area contributed by atoms with Gasteiger partial charge in [-0.2, -0.15) is 13.2 Å². The Hall–Kier alpha value is -4.47. The minimum absolute atomic E-state index is 0.0424. The Labute approximate surface area is 197 Å². The Kier molecular flexibility index (Phi) is 6.37. The maximum absolute atomic E-state index is 13.4. The molecule has 7 nitrogen and oxygen atoms in total. The predicted molar refractivity (Wildman–Crippen MR) is 122 cm³/mol. The summed E-state index contributed by atoms with van der Waals surface area (Å²) in [4.78, 5) is 31.6. The second kappa shape index (κ2) is 9.41. The fourth-order valence-electron chi connectivity index (χ4n) is 3.73. The first-order valence-electron chi connectivity index (χ1n) is 10.4. The summed E-state index contributed by atoms with van der Waals surface area (Å²) in [6.45, 7) is -0.645. The average molecular weight is 481 g/mol. The largest absolute Gasteiger partial charge is 0.480 e. The molecule has 3 aromatic carbocycles. The summed E-state index contributed by atoms with van der Waals surface area (Å²) < 4.78 is 40.3. The molecule has 1 aromatic heterocycles. The van der Waals surface area contributed by atoms with E-state index in [0.29, 0.717) is 16.7 Å². The van der Waals surface area contributed by atoms with E-state index in [1.165, 1.54) is 29.2 Å². The van der Waals surface area contributed by atoms with Crippen LogP contribution in [0.3, 0.4) is 0 Å². The lowest BCUT2D eigenvalue weighted by Gasteiger charge is -2.24. The van der Waals surface area contributed by atoms with Gasteiger partial charge in [-0.1, -0.05) is 54.6 Å². The number of para-hydroxylation sites is 1. The normalized spacial score (nSPS) is 11.4. The van der Waals surface area contributed by atoms with Crippen molar-refractivity contribution in [2.75, 3.05) is 11.4 Å². The number of anilines is 1. The van der Waals surface area contributed by atoms with Crippen LogP contribution in [0, 0.1) is 0 Å². The molecule has 35 heavy (non-hydrogen) atoms. The molecule has 2 N–H and O–H groups in total. The van der Waals surface area contributed by atoms with Crippen LogP contribution < -0.4 is 4.90 Å². The molecule has 0 spiro atoms. The Balaban J connectivity index is 1.73. The average Bonchev–Trinajstić information content (AvgIpc) is 2.82. The number of hydrogen-bond acceptors (Lipinski definition) is 5. The van der Waals surface area contributed by atoms with Crippen LogP contribution in [0.5, 0.6) is 0 Å². The minimum Gasteiger partial charge on any atom is -0.480 e. The van der Waals surface area contributed by atoms with Gasteiger partial charge in [-0.05, 0) is 34.9 Å². The van der Waals surface area contributed by atoms with Crippen LogP contribution >= 0.6 is 0 Å². The van der Waals surface area contributed by atoms with Crippen molar-refractivity contribution in [3.05, 3.63) is 89.7 Å². The van der Waals surface area contributed by atoms with Gasteiger partial charge in [0.25, 0.3) is 0 Å². The van der Waals surface area contributed by atoms with Crippen molar-refractivity contribution in [2.45, 2.75) is 12.7 Å². The highest BCUT2D eigenvalue weighted by Gasteiger charge is 2.36. The summed E-state index contributed by atoms with van der Waals surface area (Å²) in [7, 11) is 0. The van der Waals surface area contributed by atoms with Gasteiger partial charge in [-0.3, -0.25) is 4.79 Å². The Morgan fingerprint density at radius 2 is 1.51 bits per heavy atom. The summed E-state index contributed by atoms with van der Waals surface area (Å²) in [5, 5.41) is 19.1. The van der Waals surface area contributed by atoms with E-state index in [4.69, 9.17) is 0 Å². The van der Waals surface area contributed by atoms with E-state index in [2.05, 4.69) is 9.97 Å². The third kappa shape index (κ3) is 5.21. The number of hydrogen-bond donors (Lipinski definition) is 2. The van der Waals surface area contributed by atoms with Gasteiger partial charge in [0.2, 0.25) is 5.82 Å². The number of carbonyl (C=O) groups is 2. The molecule has 4 aromatic rings. The van der Waals surface area contributed by atoms with Crippen molar-refractivity contribution in [1.82, 2.24) is 9.97 Å². The van der Waals surface area contributed by atoms with E-state index < -0.39 is 30.5 Å². The lowest BCUT2D eigenvalue weighted by Crippen LogP contribution is -2.31. The first kappa shape index (κ1) is 23.7. The number of nitrogens with zero attached hydrogens (tertiary/aromatic N) is 3. The van der Waals surface area contributed by atoms with Gasteiger partial charge < -0.3 is 15.1 Å². The Bertz CT molecular complexity index is 1410. The molecule has 0 aliphatic carbocycles. The first-order chi connectivity index (χ1) is 16.6. The number of aliphatic carboxylic acids is 1. The van der Waals surface area contributed by atoms with Crippen molar-refractivity contribution >= 4 is 28.7 Å². The van der Waals surface area contributed by atoms with Gasteiger partial charge >= 0.3 is 18.1 Å². The van der Waals surface area contributed by atoms with Crippen molar-refractivity contribution in [3.63, 3.8) is 0 Å². The maximum Gasteiger partial charge on any atom is 0.451 e. The fourth-order valence-corrected chi connectivity index (χ4v) is 3.73. The number of benzene rings is 3. The number of carboxylic acids is 2. The van der Waals surface area contributed by atoms with Gasteiger partial charge in [0.15, 0.2) is 0 Å². The number of aromatic nitrogens is 2. The zero-order valence-corrected chi connectivity index (χ0v) is 18.0. The molecule has 0 amide bonds. The molecule has 0 unspecified atom stereocenters. The number of carboxylic acid groups (broad SMARTS) is 2. The SMILES string of the molecule is O=C(O)CN(Cc1ccc(-c2ccccc2C(=O)O)cc1)c1nc(C(F)(F)F)nc2ccccc12. The molecule has 0 radical (unpaired) electrons. The summed E-state index contributed by atoms with van der Waals surface area (Å²) >= 11 is 0. The van der Waals surface area contributed by atoms with E-state index in [-0.39, 0.29) is 28.8 Å². The lowest BCUT2D eigenvalue weighted by molar-refractivity contribution is -0.144. The van der Waals surface area contributed by atoms with Crippen molar-refractivity contribution in [1.29, 1.82) is 0 Å². The number of alkyl halides is 3. The molecular formula is C25H18F3N3O4. The van der Waals surface area contributed by atoms with Crippen LogP contribution in [-0.4, -0.2) is 38.7 Å². The van der Waals surface area contributed by atoms with Gasteiger partial charge in [-0.25, -0.2) is 14.8 Å². The lowest BCUT2D eigenvalue weighted by atomic mass is 9.98. The topological polar surface area (TPSA) is 104 Å². The van der Waals surface area contributed by atoms with Gasteiger partial charge in [-0.15, -0.1) is 0 Å². The van der Waals surface area contributed by atoms with Crippen molar-refractivity contribution in [3.8, 4) is 11.1 Å². The van der Waals surface area contributed by atoms with Gasteiger partial charge in [0, 0.05) is 11.9 Å². The van der Waals surface area contributed by atoms with Crippen LogP contribution in [0.15, 0.2) is 72.8 Å². The van der Waals surface area contributed by atoms with E-state index >= 15 is 0 Å². The van der Waals surface area contributed by atoms with Crippen molar-refractivity contribution < 1.29 is 33.0 Å². The quantitative estimate of drug-likeness (QED) is 0.378. The summed E-state index contributed by atoms with van der Waals surface area (Å²) in [6, 6.07) is 19.2. The van der Waals surface area contributed by atoms with E-state index in [1.54, 1.807) is 48.5 Å². The number of fused-ring (bicyclic) bond motifs is 1. The summed E-state index contributed by atoms with van der Waals surface area (Å²) in [5.41, 5.74) is 1.90. The third-order valence-electron chi connectivity index (χ3n) is 5.26. The summed E-state index contributed by atoms with van der Waals surface area (Å²) in [5.74, 6) is -3.82. The smallest absolute Gasteiger partial charge is 0.451 e. The van der Waals surface area contributed by atoms with Crippen LogP contribution in [0.25, 0.3) is 22.0 Å². The highest BCUT2D eigenvalue weighted by Crippen LogP contribution is 2.32. The van der Waals surface area contributed by atoms with E-state index in [9.17, 15) is 33.0 Å². The minimum atomic E-state index is -4.81. The first-order valence-corrected chi connectivity index (χ1v) is 10.4. The molecule has 0 fully saturated rings. The Morgan fingerprint density at radius 3 is 2.17 bits per heavy atom. The molecule has 0 saturated heterocycles. The molecule has 178 valence electrons. The van der Waals surface area contributed by atoms with E-state index in [0.717, 1.165) is 0 Å². The Morgan fingerprint density at radius 1 is 0.857 bits per heavy atom. The van der Waals surface area contributed by atoms with Gasteiger partial charge in [0.05, 0.1) is 11.1 Å². The number of rotatable bonds is 7. The predicted octanol–water partition coefficient (Wildman–Crippen LogP) is 5.11. The monoisotopic (exact) mass is 481 g/mol. The van der Waals surface area contributed by atoms with Crippen LogP contribution in [0.1, 0.15) is 21.7 Å². The standard InChI is InChI=1S/C25H18F3N3O4/c26-25(27,28)24-29-20-8-4-3-7-19(20)22(30-24)31(14-21(32)33)13-15-9-11-16(12-10-15)17-5-1-2-6-18(17)23(34)35/h1-12H,13-14H2,(H,32,33)(H,34,35). The van der Waals surface area contributed by atoms with E-state index in [1.807, 2.05) is 0 Å². The van der Waals surface area contributed by atoms with Crippen molar-refractivity contribution in [2.24, 2.45) is 0 Å². The molecule has 0 bridgehead atoms. The molecule has 10 heteroatoms. The van der Waals surface area contributed by atoms with Gasteiger partial charge in [0.1, 0.15) is 12.4 Å². The zero-order valence-electron chi connectivity index (χ0n) is 18.0. The molecule has 1 heterocycles. The second-order valence-corrected chi connectivity index (χ2v) is 7.68. The van der Waals surface area contributed by atoms with Crippen LogP contribution in [-0.2, 0) is 17.5 Å². The van der Waals surface area contributed by atoms with Crippen LogP contribution in [0.2, 0.25) is 0 Å². The maximum atomic E-state index is 13.4. The molecule has 0 atom stereocenters. The van der Waals surface area contributed by atoms with Crippen LogP contribution in [0.4, 0.5) is 19.0 Å². The molecule has 0 aliphatic heterocycles. The number of halogens is 3. The zero-order chi connectivity index (χ0) is 25.2. The molecule has 0 saturated carbocycles. The molecule has 0 aliphatic rings. The second-order valence-electron chi connectivity index (χ2n) is 7.68. The molecular weight excluding hydrogens is 463 g/mol. The third-order valence-corrected chi connectivity index (χ3v) is 5.26.